The number of nitrogens with one attached hydrogen (secondary N) is 1. The zero-order chi connectivity index (χ0) is 18.0. The van der Waals surface area contributed by atoms with Crippen LogP contribution < -0.4 is 5.32 Å². The van der Waals surface area contributed by atoms with Gasteiger partial charge in [0.1, 0.15) is 0 Å². The minimum absolute atomic E-state index is 0.136. The molecule has 0 atom stereocenters. The average molecular weight is 450 g/mol. The number of amides is 1. The summed E-state index contributed by atoms with van der Waals surface area (Å²) in [4.78, 5) is 22.9. The molecule has 0 bridgehead atoms. The Balaban J connectivity index is 1.88. The highest BCUT2D eigenvalue weighted by Crippen LogP contribution is 2.21. The van der Waals surface area contributed by atoms with E-state index in [2.05, 4.69) is 20.8 Å². The average Bonchev–Trinajstić information content (AvgIpc) is 3.01. The minimum Gasteiger partial charge on any atom is -0.322 e. The number of carbonyl (C=O) groups is 1. The Morgan fingerprint density at radius 3 is 2.76 bits per heavy atom. The Morgan fingerprint density at radius 2 is 2.08 bits per heavy atom. The third kappa shape index (κ3) is 3.63. The maximum atomic E-state index is 12.5. The standard InChI is InChI=1S/C15H11IN6O3/c1-9-18-19-20-21(9)11-4-2-3-10(7-11)17-15(23)13-8-12(22(24)25)5-6-14(13)16/h2-8H,1H3,(H,17,23). The summed E-state index contributed by atoms with van der Waals surface area (Å²) in [6, 6.07) is 11.1. The number of anilines is 1. The van der Waals surface area contributed by atoms with Gasteiger partial charge >= 0.3 is 0 Å². The SMILES string of the molecule is Cc1nnnn1-c1cccc(NC(=O)c2cc([N+](=O)[O-])ccc2I)c1. The van der Waals surface area contributed by atoms with E-state index < -0.39 is 10.8 Å². The van der Waals surface area contributed by atoms with Gasteiger partial charge in [0.2, 0.25) is 0 Å². The molecule has 0 saturated carbocycles. The highest BCUT2D eigenvalue weighted by molar-refractivity contribution is 14.1. The lowest BCUT2D eigenvalue weighted by Gasteiger charge is -2.09. The molecule has 0 radical (unpaired) electrons. The number of halogens is 1. The van der Waals surface area contributed by atoms with Crippen LogP contribution in [0.1, 0.15) is 16.2 Å². The number of nitro benzene ring substituents is 1. The number of aryl methyl sites for hydroxylation is 1. The number of tetrazole rings is 1. The Labute approximate surface area is 155 Å². The number of aromatic nitrogens is 4. The van der Waals surface area contributed by atoms with Gasteiger partial charge in [-0.05, 0) is 64.2 Å². The van der Waals surface area contributed by atoms with Crippen molar-refractivity contribution in [3.63, 3.8) is 0 Å². The van der Waals surface area contributed by atoms with Crippen LogP contribution in [0, 0.1) is 20.6 Å². The van der Waals surface area contributed by atoms with Crippen LogP contribution >= 0.6 is 22.6 Å². The van der Waals surface area contributed by atoms with Crippen molar-refractivity contribution in [2.24, 2.45) is 0 Å². The van der Waals surface area contributed by atoms with Crippen molar-refractivity contribution in [1.82, 2.24) is 20.2 Å². The van der Waals surface area contributed by atoms with Gasteiger partial charge in [0, 0.05) is 21.4 Å². The number of rotatable bonds is 4. The minimum atomic E-state index is -0.534. The fourth-order valence-corrected chi connectivity index (χ4v) is 2.77. The van der Waals surface area contributed by atoms with Crippen molar-refractivity contribution in [3.8, 4) is 5.69 Å². The van der Waals surface area contributed by atoms with Crippen molar-refractivity contribution in [2.75, 3.05) is 5.32 Å². The molecule has 0 saturated heterocycles. The van der Waals surface area contributed by atoms with Crippen molar-refractivity contribution in [1.29, 1.82) is 0 Å². The molecule has 1 heterocycles. The molecule has 0 aliphatic heterocycles. The predicted octanol–water partition coefficient (Wildman–Crippen LogP) is 2.74. The Bertz CT molecular complexity index is 971. The van der Waals surface area contributed by atoms with E-state index in [0.717, 1.165) is 0 Å². The topological polar surface area (TPSA) is 116 Å². The molecular formula is C15H11IN6O3. The molecule has 1 amide bonds. The van der Waals surface area contributed by atoms with Crippen molar-refractivity contribution in [3.05, 3.63) is 67.5 Å². The van der Waals surface area contributed by atoms with E-state index in [9.17, 15) is 14.9 Å². The van der Waals surface area contributed by atoms with Gasteiger partial charge in [-0.3, -0.25) is 14.9 Å². The number of nitrogens with zero attached hydrogens (tertiary/aromatic N) is 5. The summed E-state index contributed by atoms with van der Waals surface area (Å²) >= 11 is 1.96. The summed E-state index contributed by atoms with van der Waals surface area (Å²) < 4.78 is 2.15. The van der Waals surface area contributed by atoms with Gasteiger partial charge in [-0.1, -0.05) is 6.07 Å². The highest BCUT2D eigenvalue weighted by Gasteiger charge is 2.16. The second kappa shape index (κ2) is 6.93. The molecule has 3 aromatic rings. The maximum Gasteiger partial charge on any atom is 0.270 e. The Kier molecular flexibility index (Phi) is 4.70. The fourth-order valence-electron chi connectivity index (χ4n) is 2.18. The van der Waals surface area contributed by atoms with Crippen LogP contribution in [0.5, 0.6) is 0 Å². The van der Waals surface area contributed by atoms with Gasteiger partial charge in [0.15, 0.2) is 5.82 Å². The molecule has 0 unspecified atom stereocenters. The predicted molar refractivity (Wildman–Crippen MR) is 97.7 cm³/mol. The van der Waals surface area contributed by atoms with Gasteiger partial charge in [-0.2, -0.15) is 4.68 Å². The number of hydrogen-bond donors (Lipinski definition) is 1. The van der Waals surface area contributed by atoms with E-state index in [1.807, 2.05) is 22.6 Å². The number of carbonyl (C=O) groups excluding carboxylic acids is 1. The molecule has 1 N–H and O–H groups in total. The molecule has 3 rings (SSSR count). The lowest BCUT2D eigenvalue weighted by molar-refractivity contribution is -0.384. The van der Waals surface area contributed by atoms with E-state index in [4.69, 9.17) is 0 Å². The van der Waals surface area contributed by atoms with Crippen LogP contribution in [0.4, 0.5) is 11.4 Å². The molecule has 1 aromatic heterocycles. The van der Waals surface area contributed by atoms with Crippen LogP contribution in [-0.2, 0) is 0 Å². The molecule has 25 heavy (non-hydrogen) atoms. The van der Waals surface area contributed by atoms with Gasteiger partial charge in [-0.15, -0.1) is 5.10 Å². The Hall–Kier alpha value is -2.89. The molecule has 2 aromatic carbocycles. The van der Waals surface area contributed by atoms with Crippen molar-refractivity contribution >= 4 is 39.9 Å². The van der Waals surface area contributed by atoms with Crippen LogP contribution in [0.2, 0.25) is 0 Å². The van der Waals surface area contributed by atoms with Gasteiger partial charge < -0.3 is 5.32 Å². The first kappa shape index (κ1) is 17.0. The number of benzene rings is 2. The first-order chi connectivity index (χ1) is 12.0. The summed E-state index contributed by atoms with van der Waals surface area (Å²) in [5.41, 5.74) is 1.32. The molecule has 10 heteroatoms. The van der Waals surface area contributed by atoms with E-state index in [0.29, 0.717) is 20.8 Å². The second-order valence-corrected chi connectivity index (χ2v) is 6.23. The maximum absolute atomic E-state index is 12.5. The first-order valence-corrected chi connectivity index (χ1v) is 8.14. The Morgan fingerprint density at radius 1 is 1.28 bits per heavy atom. The van der Waals surface area contributed by atoms with Crippen LogP contribution in [0.3, 0.4) is 0 Å². The zero-order valence-electron chi connectivity index (χ0n) is 12.9. The van der Waals surface area contributed by atoms with Crippen molar-refractivity contribution in [2.45, 2.75) is 6.92 Å². The lowest BCUT2D eigenvalue weighted by atomic mass is 10.2. The van der Waals surface area contributed by atoms with Gasteiger partial charge in [0.25, 0.3) is 11.6 Å². The van der Waals surface area contributed by atoms with E-state index in [-0.39, 0.29) is 11.3 Å². The zero-order valence-corrected chi connectivity index (χ0v) is 15.0. The van der Waals surface area contributed by atoms with Crippen LogP contribution in [0.25, 0.3) is 5.69 Å². The molecule has 0 fully saturated rings. The summed E-state index contributed by atoms with van der Waals surface area (Å²) in [5, 5.41) is 24.9. The highest BCUT2D eigenvalue weighted by atomic mass is 127. The molecule has 126 valence electrons. The number of non-ortho nitro benzene ring substituents is 1. The van der Waals surface area contributed by atoms with E-state index in [1.54, 1.807) is 31.2 Å². The summed E-state index contributed by atoms with van der Waals surface area (Å²) in [5.74, 6) is 0.176. The molecule has 0 spiro atoms. The lowest BCUT2D eigenvalue weighted by Crippen LogP contribution is -2.14. The van der Waals surface area contributed by atoms with Crippen molar-refractivity contribution < 1.29 is 9.72 Å². The summed E-state index contributed by atoms with van der Waals surface area (Å²) in [7, 11) is 0. The second-order valence-electron chi connectivity index (χ2n) is 5.06. The quantitative estimate of drug-likeness (QED) is 0.371. The first-order valence-electron chi connectivity index (χ1n) is 7.06. The number of nitro groups is 1. The smallest absolute Gasteiger partial charge is 0.270 e. The molecule has 0 aliphatic carbocycles. The third-order valence-electron chi connectivity index (χ3n) is 3.38. The van der Waals surface area contributed by atoms with Gasteiger partial charge in [0.05, 0.1) is 16.2 Å². The molecular weight excluding hydrogens is 439 g/mol. The van der Waals surface area contributed by atoms with Crippen LogP contribution in [0.15, 0.2) is 42.5 Å². The molecule has 9 nitrogen and oxygen atoms in total. The summed E-state index contributed by atoms with van der Waals surface area (Å²) in [6.45, 7) is 1.76. The monoisotopic (exact) mass is 450 g/mol. The van der Waals surface area contributed by atoms with E-state index >= 15 is 0 Å². The third-order valence-corrected chi connectivity index (χ3v) is 4.32. The van der Waals surface area contributed by atoms with Crippen LogP contribution in [-0.4, -0.2) is 31.0 Å². The molecule has 0 aliphatic rings. The fraction of sp³-hybridized carbons (Fsp3) is 0.0667. The largest absolute Gasteiger partial charge is 0.322 e. The number of hydrogen-bond acceptors (Lipinski definition) is 6. The normalized spacial score (nSPS) is 10.5. The summed E-state index contributed by atoms with van der Waals surface area (Å²) in [6.07, 6.45) is 0. The van der Waals surface area contributed by atoms with E-state index in [1.165, 1.54) is 22.9 Å². The van der Waals surface area contributed by atoms with Gasteiger partial charge in [-0.25, -0.2) is 0 Å².